The van der Waals surface area contributed by atoms with Crippen molar-refractivity contribution in [1.29, 1.82) is 0 Å². The standard InChI is InChI=1S/C20H34N6O2/c1-16(2)18-13-17(28-23-18)14-22-20(21-3)26-11-9-24(10-12-26)15-19(27)25-7-5-4-6-8-25/h13,16H,4-12,14-15H2,1-3H3,(H,21,22). The van der Waals surface area contributed by atoms with Crippen LogP contribution in [0.25, 0.3) is 0 Å². The summed E-state index contributed by atoms with van der Waals surface area (Å²) in [7, 11) is 1.80. The van der Waals surface area contributed by atoms with E-state index in [9.17, 15) is 4.79 Å². The molecule has 1 amide bonds. The molecule has 0 bridgehead atoms. The van der Waals surface area contributed by atoms with Crippen LogP contribution in [-0.2, 0) is 11.3 Å². The topological polar surface area (TPSA) is 77.2 Å². The number of amides is 1. The molecule has 0 aliphatic carbocycles. The number of nitrogens with one attached hydrogen (secondary N) is 1. The Morgan fingerprint density at radius 3 is 2.46 bits per heavy atom. The molecule has 2 aliphatic heterocycles. The number of piperazine rings is 1. The highest BCUT2D eigenvalue weighted by Crippen LogP contribution is 2.14. The summed E-state index contributed by atoms with van der Waals surface area (Å²) in [5.41, 5.74) is 0.971. The lowest BCUT2D eigenvalue weighted by atomic mass is 10.1. The minimum absolute atomic E-state index is 0.280. The molecule has 3 rings (SSSR count). The SMILES string of the molecule is CN=C(NCc1cc(C(C)C)no1)N1CCN(CC(=O)N2CCCCC2)CC1. The molecule has 0 aromatic carbocycles. The Labute approximate surface area is 167 Å². The third-order valence-corrected chi connectivity index (χ3v) is 5.54. The second kappa shape index (κ2) is 9.91. The first-order valence-electron chi connectivity index (χ1n) is 10.5. The number of carbonyl (C=O) groups excluding carboxylic acids is 1. The van der Waals surface area contributed by atoms with E-state index in [0.29, 0.717) is 19.0 Å². The summed E-state index contributed by atoms with van der Waals surface area (Å²) in [6.45, 7) is 10.6. The van der Waals surface area contributed by atoms with Gasteiger partial charge in [-0.05, 0) is 25.2 Å². The van der Waals surface area contributed by atoms with Gasteiger partial charge in [-0.15, -0.1) is 0 Å². The van der Waals surface area contributed by atoms with Gasteiger partial charge in [-0.2, -0.15) is 0 Å². The molecule has 28 heavy (non-hydrogen) atoms. The van der Waals surface area contributed by atoms with Crippen molar-refractivity contribution in [3.63, 3.8) is 0 Å². The highest BCUT2D eigenvalue weighted by atomic mass is 16.5. The van der Waals surface area contributed by atoms with Gasteiger partial charge in [-0.3, -0.25) is 14.7 Å². The molecule has 8 heteroatoms. The largest absolute Gasteiger partial charge is 0.359 e. The zero-order valence-corrected chi connectivity index (χ0v) is 17.5. The molecule has 0 spiro atoms. The van der Waals surface area contributed by atoms with Crippen LogP contribution in [0.3, 0.4) is 0 Å². The summed E-state index contributed by atoms with van der Waals surface area (Å²) in [6, 6.07) is 2.00. The highest BCUT2D eigenvalue weighted by molar-refractivity contribution is 5.80. The first-order valence-corrected chi connectivity index (χ1v) is 10.5. The van der Waals surface area contributed by atoms with E-state index in [1.165, 1.54) is 6.42 Å². The number of likely N-dealkylation sites (tertiary alicyclic amines) is 1. The Kier molecular flexibility index (Phi) is 7.30. The fourth-order valence-electron chi connectivity index (χ4n) is 3.74. The molecule has 2 saturated heterocycles. The van der Waals surface area contributed by atoms with Crippen molar-refractivity contribution in [3.8, 4) is 0 Å². The lowest BCUT2D eigenvalue weighted by Crippen LogP contribution is -2.54. The molecule has 1 aromatic rings. The van der Waals surface area contributed by atoms with E-state index in [-0.39, 0.29) is 5.91 Å². The number of nitrogens with zero attached hydrogens (tertiary/aromatic N) is 5. The monoisotopic (exact) mass is 390 g/mol. The van der Waals surface area contributed by atoms with Crippen LogP contribution < -0.4 is 5.32 Å². The molecule has 0 radical (unpaired) electrons. The Bertz CT molecular complexity index is 657. The second-order valence-corrected chi connectivity index (χ2v) is 7.98. The maximum atomic E-state index is 12.5. The van der Waals surface area contributed by atoms with Gasteiger partial charge in [0.25, 0.3) is 0 Å². The van der Waals surface area contributed by atoms with Crippen LogP contribution in [0, 0.1) is 0 Å². The number of piperidine rings is 1. The normalized spacial score (nSPS) is 19.4. The van der Waals surface area contributed by atoms with Crippen LogP contribution in [0.2, 0.25) is 0 Å². The number of aromatic nitrogens is 1. The number of hydrogen-bond acceptors (Lipinski definition) is 5. The fourth-order valence-corrected chi connectivity index (χ4v) is 3.74. The second-order valence-electron chi connectivity index (χ2n) is 7.98. The molecule has 3 heterocycles. The van der Waals surface area contributed by atoms with E-state index in [2.05, 4.69) is 39.1 Å². The van der Waals surface area contributed by atoms with E-state index < -0.39 is 0 Å². The van der Waals surface area contributed by atoms with Gasteiger partial charge in [0, 0.05) is 52.4 Å². The number of guanidine groups is 1. The van der Waals surface area contributed by atoms with E-state index in [1.54, 1.807) is 7.05 Å². The summed E-state index contributed by atoms with van der Waals surface area (Å²) in [6.07, 6.45) is 3.54. The number of carbonyl (C=O) groups is 1. The van der Waals surface area contributed by atoms with Crippen molar-refractivity contribution >= 4 is 11.9 Å². The Morgan fingerprint density at radius 1 is 1.14 bits per heavy atom. The Balaban J connectivity index is 1.42. The van der Waals surface area contributed by atoms with Crippen molar-refractivity contribution in [3.05, 3.63) is 17.5 Å². The summed E-state index contributed by atoms with van der Waals surface area (Å²) >= 11 is 0. The third-order valence-electron chi connectivity index (χ3n) is 5.54. The van der Waals surface area contributed by atoms with Gasteiger partial charge in [0.2, 0.25) is 5.91 Å². The van der Waals surface area contributed by atoms with Crippen LogP contribution in [-0.4, -0.2) is 84.6 Å². The quantitative estimate of drug-likeness (QED) is 0.607. The van der Waals surface area contributed by atoms with Crippen molar-refractivity contribution in [2.45, 2.75) is 45.6 Å². The smallest absolute Gasteiger partial charge is 0.236 e. The molecule has 2 fully saturated rings. The van der Waals surface area contributed by atoms with Crippen LogP contribution in [0.5, 0.6) is 0 Å². The summed E-state index contributed by atoms with van der Waals surface area (Å²) < 4.78 is 5.39. The first-order chi connectivity index (χ1) is 13.6. The lowest BCUT2D eigenvalue weighted by Gasteiger charge is -2.37. The first kappa shape index (κ1) is 20.6. The number of aliphatic imine (C=N–C) groups is 1. The van der Waals surface area contributed by atoms with Crippen LogP contribution in [0.1, 0.15) is 50.5 Å². The molecule has 8 nitrogen and oxygen atoms in total. The Morgan fingerprint density at radius 2 is 1.86 bits per heavy atom. The van der Waals surface area contributed by atoms with Gasteiger partial charge < -0.3 is 19.6 Å². The molecule has 0 atom stereocenters. The Hall–Kier alpha value is -2.09. The summed E-state index contributed by atoms with van der Waals surface area (Å²) in [5, 5.41) is 7.46. The lowest BCUT2D eigenvalue weighted by molar-refractivity contribution is -0.133. The van der Waals surface area contributed by atoms with Gasteiger partial charge in [0.05, 0.1) is 18.8 Å². The van der Waals surface area contributed by atoms with E-state index >= 15 is 0 Å². The minimum Gasteiger partial charge on any atom is -0.359 e. The highest BCUT2D eigenvalue weighted by Gasteiger charge is 2.24. The summed E-state index contributed by atoms with van der Waals surface area (Å²) in [4.78, 5) is 23.4. The molecular formula is C20H34N6O2. The van der Waals surface area contributed by atoms with Crippen LogP contribution in [0.15, 0.2) is 15.6 Å². The predicted octanol–water partition coefficient (Wildman–Crippen LogP) is 1.50. The average molecular weight is 391 g/mol. The molecule has 2 aliphatic rings. The average Bonchev–Trinajstić information content (AvgIpc) is 3.20. The predicted molar refractivity (Wildman–Crippen MR) is 109 cm³/mol. The summed E-state index contributed by atoms with van der Waals surface area (Å²) in [5.74, 6) is 2.32. The van der Waals surface area contributed by atoms with Crippen LogP contribution >= 0.6 is 0 Å². The van der Waals surface area contributed by atoms with Crippen molar-refractivity contribution in [1.82, 2.24) is 25.2 Å². The minimum atomic E-state index is 0.280. The third kappa shape index (κ3) is 5.47. The van der Waals surface area contributed by atoms with Crippen molar-refractivity contribution < 1.29 is 9.32 Å². The molecule has 0 saturated carbocycles. The molecule has 0 unspecified atom stereocenters. The van der Waals surface area contributed by atoms with Crippen molar-refractivity contribution in [2.24, 2.45) is 4.99 Å². The molecular weight excluding hydrogens is 356 g/mol. The fraction of sp³-hybridized carbons (Fsp3) is 0.750. The zero-order valence-electron chi connectivity index (χ0n) is 17.5. The van der Waals surface area contributed by atoms with Gasteiger partial charge in [0.15, 0.2) is 11.7 Å². The molecule has 1 aromatic heterocycles. The van der Waals surface area contributed by atoms with Crippen LogP contribution in [0.4, 0.5) is 0 Å². The number of hydrogen-bond donors (Lipinski definition) is 1. The van der Waals surface area contributed by atoms with E-state index in [0.717, 1.165) is 69.5 Å². The molecule has 156 valence electrons. The maximum absolute atomic E-state index is 12.5. The van der Waals surface area contributed by atoms with Crippen molar-refractivity contribution in [2.75, 3.05) is 52.9 Å². The van der Waals surface area contributed by atoms with E-state index in [1.807, 2.05) is 11.0 Å². The van der Waals surface area contributed by atoms with E-state index in [4.69, 9.17) is 4.52 Å². The van der Waals surface area contributed by atoms with Gasteiger partial charge in [-0.1, -0.05) is 19.0 Å². The number of rotatable bonds is 5. The zero-order chi connectivity index (χ0) is 19.9. The van der Waals surface area contributed by atoms with Gasteiger partial charge >= 0.3 is 0 Å². The van der Waals surface area contributed by atoms with Gasteiger partial charge in [0.1, 0.15) is 0 Å². The maximum Gasteiger partial charge on any atom is 0.236 e. The molecule has 1 N–H and O–H groups in total. The van der Waals surface area contributed by atoms with Gasteiger partial charge in [-0.25, -0.2) is 0 Å².